The van der Waals surface area contributed by atoms with Gasteiger partial charge in [-0.25, -0.2) is 0 Å². The molecule has 1 N–H and O–H groups in total. The highest BCUT2D eigenvalue weighted by Crippen LogP contribution is 2.50. The number of benzene rings is 2. The van der Waals surface area contributed by atoms with Gasteiger partial charge in [0.1, 0.15) is 18.1 Å². The third kappa shape index (κ3) is 5.97. The molecular formula is C35H35ClN2O5. The maximum Gasteiger partial charge on any atom is 0.233 e. The first-order chi connectivity index (χ1) is 20.9. The number of amides is 2. The molecule has 6 rings (SSSR count). The summed E-state index contributed by atoms with van der Waals surface area (Å²) >= 11 is 6.46. The molecule has 0 spiro atoms. The van der Waals surface area contributed by atoms with E-state index in [4.69, 9.17) is 21.1 Å². The number of imide groups is 1. The number of hydrogen-bond acceptors (Lipinski definition) is 6. The van der Waals surface area contributed by atoms with Gasteiger partial charge in [0.15, 0.2) is 0 Å². The molecule has 0 unspecified atom stereocenters. The number of carbonyl (C=O) groups excluding carboxylic acids is 2. The van der Waals surface area contributed by atoms with Crippen LogP contribution in [0.5, 0.6) is 11.5 Å². The lowest BCUT2D eigenvalue weighted by atomic mass is 9.69. The molecule has 0 radical (unpaired) electrons. The highest BCUT2D eigenvalue weighted by Gasteiger charge is 2.56. The second kappa shape index (κ2) is 12.7. The molecule has 3 aromatic rings. The number of fused-ring (bicyclic) bond motifs is 3. The second-order valence-electron chi connectivity index (χ2n) is 11.4. The maximum atomic E-state index is 13.5. The number of phenols is 1. The smallest absolute Gasteiger partial charge is 0.233 e. The van der Waals surface area contributed by atoms with Gasteiger partial charge in [-0.1, -0.05) is 42.8 Å². The van der Waals surface area contributed by atoms with E-state index in [9.17, 15) is 14.7 Å². The summed E-state index contributed by atoms with van der Waals surface area (Å²) in [6.45, 7) is 3.19. The molecule has 8 heteroatoms. The minimum atomic E-state index is -0.388. The number of ether oxygens (including phenoxy) is 2. The minimum absolute atomic E-state index is 0.0669. The number of pyridine rings is 1. The standard InChI is InChI=1S/C35H35ClN2O5/c1-2-16-38-34(40)27-18-24(20-42-26-8-4-3-5-9-26)32-28(33(27)35(38)41)21-43-31(32)14-12-23(30-10-6-7-15-37-30)17-22-11-13-25(39)19-29(22)36/h3-11,13,15,17,19,27-28,31,33,39H,2,12,14,16,18,20-21H2,1H3/b23-17-/t27-,28+,31-,33-/m1/s1. The summed E-state index contributed by atoms with van der Waals surface area (Å²) in [6.07, 6.45) is 6.09. The van der Waals surface area contributed by atoms with Crippen molar-refractivity contribution in [3.05, 3.63) is 100 Å². The number of aromatic hydroxyl groups is 1. The Balaban J connectivity index is 1.31. The van der Waals surface area contributed by atoms with Gasteiger partial charge in [0.2, 0.25) is 11.8 Å². The van der Waals surface area contributed by atoms with E-state index in [1.807, 2.05) is 61.5 Å². The highest BCUT2D eigenvalue weighted by molar-refractivity contribution is 6.32. The number of aromatic nitrogens is 1. The van der Waals surface area contributed by atoms with Crippen LogP contribution in [0.25, 0.3) is 11.6 Å². The fraction of sp³-hybridized carbons (Fsp3) is 0.343. The number of allylic oxidation sites excluding steroid dienone is 1. The van der Waals surface area contributed by atoms with Crippen LogP contribution < -0.4 is 4.74 Å². The lowest BCUT2D eigenvalue weighted by molar-refractivity contribution is -0.140. The van der Waals surface area contributed by atoms with Gasteiger partial charge in [-0.3, -0.25) is 19.5 Å². The van der Waals surface area contributed by atoms with E-state index in [1.54, 1.807) is 18.3 Å². The zero-order valence-corrected chi connectivity index (χ0v) is 24.9. The Labute approximate surface area is 256 Å². The average molecular weight is 599 g/mol. The fourth-order valence-corrected chi connectivity index (χ4v) is 6.97. The van der Waals surface area contributed by atoms with Crippen LogP contribution in [0, 0.1) is 17.8 Å². The lowest BCUT2D eigenvalue weighted by Crippen LogP contribution is -2.35. The number of carbonyl (C=O) groups is 2. The topological polar surface area (TPSA) is 89.0 Å². The number of phenolic OH excluding ortho intramolecular Hbond substituents is 1. The van der Waals surface area contributed by atoms with Gasteiger partial charge in [-0.2, -0.15) is 0 Å². The summed E-state index contributed by atoms with van der Waals surface area (Å²) in [4.78, 5) is 33.0. The number of nitrogens with zero attached hydrogens (tertiary/aromatic N) is 2. The SMILES string of the molecule is CCCN1C(=O)[C@@H]2[C@@H](CC(COc3ccccc3)=C3[C@@H](CC/C(=C/c4ccc(O)cc4Cl)c4ccccn4)OC[C@@H]32)C1=O. The van der Waals surface area contributed by atoms with Gasteiger partial charge >= 0.3 is 0 Å². The normalized spacial score (nSPS) is 23.5. The number of para-hydroxylation sites is 1. The van der Waals surface area contributed by atoms with Crippen LogP contribution in [0.2, 0.25) is 5.02 Å². The molecule has 1 aliphatic carbocycles. The molecule has 43 heavy (non-hydrogen) atoms. The molecule has 0 saturated carbocycles. The Morgan fingerprint density at radius 2 is 1.91 bits per heavy atom. The van der Waals surface area contributed by atoms with Crippen molar-refractivity contribution in [3.8, 4) is 11.5 Å². The Hall–Kier alpha value is -3.94. The summed E-state index contributed by atoms with van der Waals surface area (Å²) < 4.78 is 12.6. The van der Waals surface area contributed by atoms with Crippen molar-refractivity contribution < 1.29 is 24.2 Å². The Morgan fingerprint density at radius 3 is 2.65 bits per heavy atom. The van der Waals surface area contributed by atoms with Gasteiger partial charge in [-0.05, 0) is 96.5 Å². The second-order valence-corrected chi connectivity index (χ2v) is 11.8. The van der Waals surface area contributed by atoms with Crippen LogP contribution in [0.4, 0.5) is 0 Å². The summed E-state index contributed by atoms with van der Waals surface area (Å²) in [5.41, 5.74) is 4.77. The predicted octanol–water partition coefficient (Wildman–Crippen LogP) is 6.57. The molecule has 4 atom stereocenters. The number of rotatable bonds is 10. The molecule has 7 nitrogen and oxygen atoms in total. The van der Waals surface area contributed by atoms with Gasteiger partial charge in [0.25, 0.3) is 0 Å². The summed E-state index contributed by atoms with van der Waals surface area (Å²) in [5.74, 6) is -0.170. The van der Waals surface area contributed by atoms with Crippen LogP contribution >= 0.6 is 11.6 Å². The number of hydrogen-bond donors (Lipinski definition) is 1. The van der Waals surface area contributed by atoms with Crippen LogP contribution in [-0.4, -0.2) is 52.7 Å². The molecule has 2 saturated heterocycles. The van der Waals surface area contributed by atoms with Crippen molar-refractivity contribution in [3.63, 3.8) is 0 Å². The maximum absolute atomic E-state index is 13.5. The zero-order chi connectivity index (χ0) is 29.9. The van der Waals surface area contributed by atoms with E-state index >= 15 is 0 Å². The third-order valence-corrected chi connectivity index (χ3v) is 9.01. The highest BCUT2D eigenvalue weighted by atomic mass is 35.5. The molecular weight excluding hydrogens is 564 g/mol. The number of likely N-dealkylation sites (tertiary alicyclic amines) is 1. The average Bonchev–Trinajstić information content (AvgIpc) is 3.55. The zero-order valence-electron chi connectivity index (χ0n) is 24.1. The van der Waals surface area contributed by atoms with E-state index in [1.165, 1.54) is 11.0 Å². The van der Waals surface area contributed by atoms with Crippen LogP contribution in [-0.2, 0) is 14.3 Å². The lowest BCUT2D eigenvalue weighted by Gasteiger charge is -2.31. The van der Waals surface area contributed by atoms with Crippen molar-refractivity contribution in [2.75, 3.05) is 19.8 Å². The monoisotopic (exact) mass is 598 g/mol. The van der Waals surface area contributed by atoms with Crippen molar-refractivity contribution >= 4 is 35.1 Å². The molecule has 3 heterocycles. The van der Waals surface area contributed by atoms with E-state index in [2.05, 4.69) is 4.98 Å². The summed E-state index contributed by atoms with van der Waals surface area (Å²) in [7, 11) is 0. The summed E-state index contributed by atoms with van der Waals surface area (Å²) in [6, 6.07) is 20.4. The van der Waals surface area contributed by atoms with Crippen LogP contribution in [0.1, 0.15) is 43.9 Å². The molecule has 2 aliphatic heterocycles. The first-order valence-corrected chi connectivity index (χ1v) is 15.3. The Bertz CT molecular complexity index is 1550. The first-order valence-electron chi connectivity index (χ1n) is 14.9. The minimum Gasteiger partial charge on any atom is -0.508 e. The van der Waals surface area contributed by atoms with Crippen molar-refractivity contribution in [1.29, 1.82) is 0 Å². The van der Waals surface area contributed by atoms with Gasteiger partial charge in [0.05, 0.1) is 35.3 Å². The Morgan fingerprint density at radius 1 is 1.09 bits per heavy atom. The van der Waals surface area contributed by atoms with Crippen molar-refractivity contribution in [1.82, 2.24) is 9.88 Å². The molecule has 0 bridgehead atoms. The fourth-order valence-electron chi connectivity index (χ4n) is 6.74. The molecule has 2 fully saturated rings. The third-order valence-electron chi connectivity index (χ3n) is 8.69. The van der Waals surface area contributed by atoms with Gasteiger partial charge in [0, 0.05) is 18.7 Å². The van der Waals surface area contributed by atoms with E-state index in [-0.39, 0.29) is 41.4 Å². The number of halogens is 1. The summed E-state index contributed by atoms with van der Waals surface area (Å²) in [5, 5.41) is 10.3. The van der Waals surface area contributed by atoms with Gasteiger partial charge < -0.3 is 14.6 Å². The van der Waals surface area contributed by atoms with Gasteiger partial charge in [-0.15, -0.1) is 0 Å². The molecule has 222 valence electrons. The molecule has 2 aromatic carbocycles. The largest absolute Gasteiger partial charge is 0.508 e. The van der Waals surface area contributed by atoms with Crippen LogP contribution in [0.3, 0.4) is 0 Å². The van der Waals surface area contributed by atoms with Crippen molar-refractivity contribution in [2.24, 2.45) is 17.8 Å². The van der Waals surface area contributed by atoms with Crippen molar-refractivity contribution in [2.45, 2.75) is 38.7 Å². The predicted molar refractivity (Wildman–Crippen MR) is 165 cm³/mol. The molecule has 3 aliphatic rings. The molecule has 2 amide bonds. The first kappa shape index (κ1) is 29.1. The quantitative estimate of drug-likeness (QED) is 0.210. The van der Waals surface area contributed by atoms with E-state index in [0.29, 0.717) is 44.0 Å². The van der Waals surface area contributed by atoms with E-state index < -0.39 is 0 Å². The van der Waals surface area contributed by atoms with E-state index in [0.717, 1.165) is 40.1 Å². The Kier molecular flexibility index (Phi) is 8.63. The molecule has 1 aromatic heterocycles. The van der Waals surface area contributed by atoms with Crippen LogP contribution in [0.15, 0.2) is 84.1 Å².